The molecule has 6 nitrogen and oxygen atoms in total. The van der Waals surface area contributed by atoms with Crippen molar-refractivity contribution in [3.63, 3.8) is 0 Å². The second kappa shape index (κ2) is 7.74. The maximum Gasteiger partial charge on any atom is 0.264 e. The molecule has 2 heterocycles. The molecule has 0 radical (unpaired) electrons. The van der Waals surface area contributed by atoms with Gasteiger partial charge in [-0.1, -0.05) is 42.5 Å². The van der Waals surface area contributed by atoms with E-state index in [9.17, 15) is 13.2 Å². The molecule has 5 rings (SSSR count). The number of fused-ring (bicyclic) bond motifs is 2. The molecule has 0 fully saturated rings. The fraction of sp³-hybridized carbons (Fsp3) is 0.208. The molecule has 7 heteroatoms. The maximum atomic E-state index is 13.3. The van der Waals surface area contributed by atoms with E-state index in [-0.39, 0.29) is 16.8 Å². The zero-order valence-electron chi connectivity index (χ0n) is 16.8. The average molecular weight is 435 g/mol. The number of benzene rings is 3. The van der Waals surface area contributed by atoms with Crippen molar-refractivity contribution in [1.29, 1.82) is 0 Å². The molecule has 31 heavy (non-hydrogen) atoms. The normalized spacial score (nSPS) is 17.4. The Kier molecular flexibility index (Phi) is 4.90. The predicted octanol–water partition coefficient (Wildman–Crippen LogP) is 3.17. The van der Waals surface area contributed by atoms with Crippen LogP contribution in [0, 0.1) is 0 Å². The Morgan fingerprint density at radius 1 is 0.968 bits per heavy atom. The number of hydrogen-bond donors (Lipinski definition) is 1. The van der Waals surface area contributed by atoms with Crippen LogP contribution in [0.1, 0.15) is 21.5 Å². The summed E-state index contributed by atoms with van der Waals surface area (Å²) in [4.78, 5) is 13.0. The maximum absolute atomic E-state index is 13.3. The van der Waals surface area contributed by atoms with Crippen molar-refractivity contribution >= 4 is 21.6 Å². The van der Waals surface area contributed by atoms with E-state index in [1.165, 1.54) is 16.4 Å². The summed E-state index contributed by atoms with van der Waals surface area (Å²) < 4.78 is 33.7. The van der Waals surface area contributed by atoms with Gasteiger partial charge in [-0.3, -0.25) is 9.10 Å². The number of nitrogens with zero attached hydrogens (tertiary/aromatic N) is 1. The van der Waals surface area contributed by atoms with Gasteiger partial charge in [0.05, 0.1) is 16.6 Å². The highest BCUT2D eigenvalue weighted by molar-refractivity contribution is 7.92. The molecule has 0 bridgehead atoms. The van der Waals surface area contributed by atoms with E-state index < -0.39 is 10.0 Å². The van der Waals surface area contributed by atoms with Crippen LogP contribution >= 0.6 is 0 Å². The molecule has 1 N–H and O–H groups in total. The lowest BCUT2D eigenvalue weighted by Crippen LogP contribution is -2.42. The number of rotatable bonds is 4. The van der Waals surface area contributed by atoms with Crippen LogP contribution in [0.2, 0.25) is 0 Å². The van der Waals surface area contributed by atoms with Crippen LogP contribution in [0.5, 0.6) is 5.75 Å². The van der Waals surface area contributed by atoms with Gasteiger partial charge in [-0.2, -0.15) is 0 Å². The number of carbonyl (C=O) groups is 1. The third-order valence-corrected chi connectivity index (χ3v) is 7.55. The van der Waals surface area contributed by atoms with Crippen LogP contribution in [0.4, 0.5) is 5.69 Å². The van der Waals surface area contributed by atoms with E-state index in [2.05, 4.69) is 5.32 Å². The first-order valence-corrected chi connectivity index (χ1v) is 11.7. The minimum atomic E-state index is -3.75. The van der Waals surface area contributed by atoms with Crippen LogP contribution in [0.25, 0.3) is 0 Å². The molecule has 0 spiro atoms. The topological polar surface area (TPSA) is 75.7 Å². The molecule has 0 aliphatic carbocycles. The highest BCUT2D eigenvalue weighted by Crippen LogP contribution is 2.32. The molecule has 1 unspecified atom stereocenters. The van der Waals surface area contributed by atoms with Gasteiger partial charge in [0, 0.05) is 12.1 Å². The summed E-state index contributed by atoms with van der Waals surface area (Å²) >= 11 is 0. The van der Waals surface area contributed by atoms with E-state index in [0.29, 0.717) is 37.2 Å². The first kappa shape index (κ1) is 19.6. The van der Waals surface area contributed by atoms with Gasteiger partial charge in [0.2, 0.25) is 0 Å². The summed E-state index contributed by atoms with van der Waals surface area (Å²) in [5.74, 6) is 0.527. The summed E-state index contributed by atoms with van der Waals surface area (Å²) in [6.45, 7) is 0.780. The summed E-state index contributed by atoms with van der Waals surface area (Å²) in [6, 6.07) is 21.3. The Hall–Kier alpha value is -3.32. The van der Waals surface area contributed by atoms with E-state index >= 15 is 0 Å². The van der Waals surface area contributed by atoms with Gasteiger partial charge in [-0.05, 0) is 54.3 Å². The number of carbonyl (C=O) groups excluding carboxylic acids is 1. The largest absolute Gasteiger partial charge is 0.491 e. The molecule has 1 atom stereocenters. The molecule has 2 aliphatic rings. The molecule has 0 saturated heterocycles. The highest BCUT2D eigenvalue weighted by Gasteiger charge is 2.31. The van der Waals surface area contributed by atoms with Crippen LogP contribution in [0.15, 0.2) is 77.7 Å². The third-order valence-electron chi connectivity index (χ3n) is 5.74. The van der Waals surface area contributed by atoms with Gasteiger partial charge in [0.1, 0.15) is 12.4 Å². The number of nitrogens with one attached hydrogen (secondary N) is 1. The zero-order chi connectivity index (χ0) is 21.4. The lowest BCUT2D eigenvalue weighted by atomic mass is 10.0. The molecule has 158 valence electrons. The van der Waals surface area contributed by atoms with Gasteiger partial charge in [-0.15, -0.1) is 0 Å². The minimum Gasteiger partial charge on any atom is -0.491 e. The van der Waals surface area contributed by atoms with Crippen molar-refractivity contribution in [2.75, 3.05) is 17.5 Å². The second-order valence-electron chi connectivity index (χ2n) is 7.78. The molecule has 0 aromatic heterocycles. The van der Waals surface area contributed by atoms with Crippen molar-refractivity contribution in [2.24, 2.45) is 0 Å². The summed E-state index contributed by atoms with van der Waals surface area (Å²) in [5, 5.41) is 2.97. The monoisotopic (exact) mass is 434 g/mol. The van der Waals surface area contributed by atoms with Gasteiger partial charge in [0.15, 0.2) is 0 Å². The highest BCUT2D eigenvalue weighted by atomic mass is 32.2. The summed E-state index contributed by atoms with van der Waals surface area (Å²) in [7, 11) is -3.75. The molecule has 0 saturated carbocycles. The van der Waals surface area contributed by atoms with Gasteiger partial charge < -0.3 is 10.1 Å². The van der Waals surface area contributed by atoms with Gasteiger partial charge in [-0.25, -0.2) is 8.42 Å². The first-order chi connectivity index (χ1) is 15.0. The molecule has 1 amide bonds. The minimum absolute atomic E-state index is 0.113. The van der Waals surface area contributed by atoms with Crippen molar-refractivity contribution in [1.82, 2.24) is 5.32 Å². The van der Waals surface area contributed by atoms with Crippen molar-refractivity contribution in [3.8, 4) is 5.75 Å². The Bertz CT molecular complexity index is 1260. The van der Waals surface area contributed by atoms with Crippen LogP contribution in [0.3, 0.4) is 0 Å². The summed E-state index contributed by atoms with van der Waals surface area (Å²) in [5.41, 5.74) is 3.07. The number of para-hydroxylation sites is 2. The second-order valence-corrected chi connectivity index (χ2v) is 9.64. The SMILES string of the molecule is O=C(NC1COc2ccccc2C1)c1cccc(S(=O)(=O)N2CCc3ccccc32)c1. The third kappa shape index (κ3) is 3.65. The standard InChI is InChI=1S/C24H22N2O4S/c27-24(25-20-14-18-7-2-4-11-23(18)30-16-20)19-8-5-9-21(15-19)31(28,29)26-13-12-17-6-1-3-10-22(17)26/h1-11,15,20H,12-14,16H2,(H,25,27). The van der Waals surface area contributed by atoms with Crippen LogP contribution < -0.4 is 14.4 Å². The zero-order valence-corrected chi connectivity index (χ0v) is 17.6. The Morgan fingerprint density at radius 3 is 2.61 bits per heavy atom. The fourth-order valence-corrected chi connectivity index (χ4v) is 5.72. The molecular formula is C24H22N2O4S. The number of ether oxygens (including phenoxy) is 1. The Morgan fingerprint density at radius 2 is 1.74 bits per heavy atom. The Balaban J connectivity index is 1.35. The lowest BCUT2D eigenvalue weighted by Gasteiger charge is -2.26. The van der Waals surface area contributed by atoms with Crippen LogP contribution in [-0.4, -0.2) is 33.5 Å². The van der Waals surface area contributed by atoms with Crippen LogP contribution in [-0.2, 0) is 22.9 Å². The number of anilines is 1. The molecule has 2 aliphatic heterocycles. The molecule has 3 aromatic carbocycles. The first-order valence-electron chi connectivity index (χ1n) is 10.2. The average Bonchev–Trinajstić information content (AvgIpc) is 3.24. The molecular weight excluding hydrogens is 412 g/mol. The van der Waals surface area contributed by atoms with Gasteiger partial charge >= 0.3 is 0 Å². The lowest BCUT2D eigenvalue weighted by molar-refractivity contribution is 0.0915. The van der Waals surface area contributed by atoms with Crippen molar-refractivity contribution in [3.05, 3.63) is 89.5 Å². The fourth-order valence-electron chi connectivity index (χ4n) is 4.17. The van der Waals surface area contributed by atoms with E-state index in [1.54, 1.807) is 12.1 Å². The predicted molar refractivity (Wildman–Crippen MR) is 118 cm³/mol. The number of hydrogen-bond acceptors (Lipinski definition) is 4. The van der Waals surface area contributed by atoms with Gasteiger partial charge in [0.25, 0.3) is 15.9 Å². The molecule has 3 aromatic rings. The number of amides is 1. The van der Waals surface area contributed by atoms with Crippen molar-refractivity contribution in [2.45, 2.75) is 23.8 Å². The number of sulfonamides is 1. The quantitative estimate of drug-likeness (QED) is 0.684. The van der Waals surface area contributed by atoms with E-state index in [0.717, 1.165) is 16.9 Å². The Labute approximate surface area is 181 Å². The van der Waals surface area contributed by atoms with E-state index in [4.69, 9.17) is 4.74 Å². The van der Waals surface area contributed by atoms with Crippen molar-refractivity contribution < 1.29 is 17.9 Å². The van der Waals surface area contributed by atoms with E-state index in [1.807, 2.05) is 48.5 Å². The summed E-state index contributed by atoms with van der Waals surface area (Å²) in [6.07, 6.45) is 1.35. The smallest absolute Gasteiger partial charge is 0.264 e.